The number of hydrogen-bond acceptors (Lipinski definition) is 2. The molecule has 1 aromatic rings. The van der Waals surface area contributed by atoms with E-state index in [9.17, 15) is 4.79 Å². The van der Waals surface area contributed by atoms with Gasteiger partial charge in [-0.05, 0) is 61.8 Å². The van der Waals surface area contributed by atoms with E-state index < -0.39 is 5.97 Å². The third-order valence-corrected chi connectivity index (χ3v) is 5.68. The van der Waals surface area contributed by atoms with Crippen molar-refractivity contribution in [3.8, 4) is 0 Å². The lowest BCUT2D eigenvalue weighted by atomic mass is 9.91. The smallest absolute Gasteiger partial charge is 0.303 e. The van der Waals surface area contributed by atoms with E-state index >= 15 is 0 Å². The Hall–Kier alpha value is -0.870. The van der Waals surface area contributed by atoms with Crippen molar-refractivity contribution in [3.05, 3.63) is 33.8 Å². The van der Waals surface area contributed by atoms with Crippen molar-refractivity contribution in [2.24, 2.45) is 5.92 Å². The Morgan fingerprint density at radius 3 is 3.05 bits per heavy atom. The maximum absolute atomic E-state index is 10.8. The fraction of sp³-hybridized carbons (Fsp3) is 0.588. The maximum atomic E-state index is 10.8. The Labute approximate surface area is 134 Å². The quantitative estimate of drug-likeness (QED) is 0.890. The fourth-order valence-corrected chi connectivity index (χ4v) is 4.49. The average molecular weight is 352 g/mol. The van der Waals surface area contributed by atoms with Crippen molar-refractivity contribution < 1.29 is 9.90 Å². The maximum Gasteiger partial charge on any atom is 0.303 e. The highest BCUT2D eigenvalue weighted by molar-refractivity contribution is 9.10. The predicted molar refractivity (Wildman–Crippen MR) is 86.4 cm³/mol. The Balaban J connectivity index is 1.68. The number of likely N-dealkylation sites (tertiary alicyclic amines) is 1. The lowest BCUT2D eigenvalue weighted by molar-refractivity contribution is -0.137. The molecule has 1 aromatic carbocycles. The van der Waals surface area contributed by atoms with Gasteiger partial charge < -0.3 is 5.11 Å². The first-order valence-corrected chi connectivity index (χ1v) is 8.67. The summed E-state index contributed by atoms with van der Waals surface area (Å²) in [5.74, 6) is -0.117. The van der Waals surface area contributed by atoms with Crippen LogP contribution >= 0.6 is 15.9 Å². The van der Waals surface area contributed by atoms with Gasteiger partial charge in [-0.1, -0.05) is 28.1 Å². The number of hydrogen-bond donors (Lipinski definition) is 1. The summed E-state index contributed by atoms with van der Waals surface area (Å²) >= 11 is 3.67. The summed E-state index contributed by atoms with van der Waals surface area (Å²) < 4.78 is 1.24. The molecule has 3 nitrogen and oxygen atoms in total. The molecule has 1 saturated heterocycles. The molecule has 1 aliphatic heterocycles. The van der Waals surface area contributed by atoms with Crippen LogP contribution < -0.4 is 0 Å². The van der Waals surface area contributed by atoms with Gasteiger partial charge in [0.2, 0.25) is 0 Å². The number of carbonyl (C=O) groups is 1. The summed E-state index contributed by atoms with van der Waals surface area (Å²) in [6.45, 7) is 2.21. The number of fused-ring (bicyclic) bond motifs is 1. The Morgan fingerprint density at radius 2 is 2.24 bits per heavy atom. The lowest BCUT2D eigenvalue weighted by Gasteiger charge is -2.37. The molecular formula is C17H22BrNO2. The molecule has 1 aliphatic carbocycles. The molecule has 0 bridgehead atoms. The molecule has 21 heavy (non-hydrogen) atoms. The SMILES string of the molecule is O=C(O)CCC1CCCN(C2CCc3c(Br)cccc32)C1. The third kappa shape index (κ3) is 3.32. The first-order valence-electron chi connectivity index (χ1n) is 7.88. The van der Waals surface area contributed by atoms with Gasteiger partial charge in [0.05, 0.1) is 0 Å². The van der Waals surface area contributed by atoms with Crippen molar-refractivity contribution in [1.29, 1.82) is 0 Å². The van der Waals surface area contributed by atoms with Gasteiger partial charge in [-0.3, -0.25) is 9.69 Å². The Kier molecular flexibility index (Phi) is 4.65. The first-order chi connectivity index (χ1) is 10.1. The molecule has 0 amide bonds. The second-order valence-corrected chi connectivity index (χ2v) is 7.15. The monoisotopic (exact) mass is 351 g/mol. The van der Waals surface area contributed by atoms with Crippen LogP contribution in [-0.4, -0.2) is 29.1 Å². The van der Waals surface area contributed by atoms with Crippen molar-refractivity contribution in [1.82, 2.24) is 4.90 Å². The van der Waals surface area contributed by atoms with Gasteiger partial charge in [0.1, 0.15) is 0 Å². The predicted octanol–water partition coefficient (Wildman–Crippen LogP) is 4.01. The van der Waals surface area contributed by atoms with Crippen LogP contribution in [0.25, 0.3) is 0 Å². The van der Waals surface area contributed by atoms with Crippen molar-refractivity contribution in [3.63, 3.8) is 0 Å². The van der Waals surface area contributed by atoms with E-state index in [4.69, 9.17) is 5.11 Å². The van der Waals surface area contributed by atoms with Crippen LogP contribution in [-0.2, 0) is 11.2 Å². The van der Waals surface area contributed by atoms with Crippen molar-refractivity contribution >= 4 is 21.9 Å². The molecule has 1 fully saturated rings. The summed E-state index contributed by atoms with van der Waals surface area (Å²) in [5, 5.41) is 8.86. The Morgan fingerprint density at radius 1 is 1.38 bits per heavy atom. The molecule has 2 atom stereocenters. The van der Waals surface area contributed by atoms with Crippen LogP contribution in [0.4, 0.5) is 0 Å². The van der Waals surface area contributed by atoms with Gasteiger partial charge in [0.25, 0.3) is 0 Å². The van der Waals surface area contributed by atoms with Crippen molar-refractivity contribution in [2.75, 3.05) is 13.1 Å². The van der Waals surface area contributed by atoms with E-state index in [1.807, 2.05) is 0 Å². The van der Waals surface area contributed by atoms with Gasteiger partial charge in [-0.15, -0.1) is 0 Å². The highest BCUT2D eigenvalue weighted by Crippen LogP contribution is 2.40. The first kappa shape index (κ1) is 15.0. The number of carboxylic acid groups (broad SMARTS) is 1. The molecule has 114 valence electrons. The van der Waals surface area contributed by atoms with Crippen LogP contribution in [0.15, 0.2) is 22.7 Å². The molecule has 4 heteroatoms. The molecule has 1 heterocycles. The molecule has 0 radical (unpaired) electrons. The standard InChI is InChI=1S/C17H22BrNO2/c18-15-5-1-4-14-13(15)7-8-16(14)19-10-2-3-12(11-19)6-9-17(20)21/h1,4-5,12,16H,2-3,6-11H2,(H,20,21). The molecule has 1 N–H and O–H groups in total. The second-order valence-electron chi connectivity index (χ2n) is 6.30. The van der Waals surface area contributed by atoms with E-state index in [0.717, 1.165) is 25.9 Å². The fourth-order valence-electron chi connectivity index (χ4n) is 3.91. The van der Waals surface area contributed by atoms with Crippen LogP contribution in [0, 0.1) is 5.92 Å². The summed E-state index contributed by atoms with van der Waals surface area (Å²) in [5.41, 5.74) is 2.94. The largest absolute Gasteiger partial charge is 0.481 e. The van der Waals surface area contributed by atoms with Gasteiger partial charge in [-0.25, -0.2) is 0 Å². The zero-order valence-corrected chi connectivity index (χ0v) is 13.8. The zero-order chi connectivity index (χ0) is 14.8. The normalized spacial score (nSPS) is 25.8. The molecule has 2 unspecified atom stereocenters. The Bertz CT molecular complexity index is 532. The number of carboxylic acids is 1. The van der Waals surface area contributed by atoms with Crippen molar-refractivity contribution in [2.45, 2.75) is 44.6 Å². The van der Waals surface area contributed by atoms with E-state index in [2.05, 4.69) is 39.0 Å². The topological polar surface area (TPSA) is 40.5 Å². The molecule has 0 spiro atoms. The van der Waals surface area contributed by atoms with Gasteiger partial charge >= 0.3 is 5.97 Å². The minimum Gasteiger partial charge on any atom is -0.481 e. The molecule has 0 saturated carbocycles. The minimum atomic E-state index is -0.665. The van der Waals surface area contributed by atoms with Crippen LogP contribution in [0.1, 0.15) is 49.3 Å². The van der Waals surface area contributed by atoms with Gasteiger partial charge in [-0.2, -0.15) is 0 Å². The number of nitrogens with zero attached hydrogens (tertiary/aromatic N) is 1. The molecular weight excluding hydrogens is 330 g/mol. The van der Waals surface area contributed by atoms with E-state index in [-0.39, 0.29) is 0 Å². The average Bonchev–Trinajstić information content (AvgIpc) is 2.91. The summed E-state index contributed by atoms with van der Waals surface area (Å²) in [7, 11) is 0. The highest BCUT2D eigenvalue weighted by Gasteiger charge is 2.32. The molecule has 3 rings (SSSR count). The van der Waals surface area contributed by atoms with E-state index in [0.29, 0.717) is 18.4 Å². The summed E-state index contributed by atoms with van der Waals surface area (Å²) in [6, 6.07) is 7.06. The van der Waals surface area contributed by atoms with Crippen LogP contribution in [0.3, 0.4) is 0 Å². The number of rotatable bonds is 4. The van der Waals surface area contributed by atoms with E-state index in [1.165, 1.54) is 34.9 Å². The zero-order valence-electron chi connectivity index (χ0n) is 12.2. The number of benzene rings is 1. The minimum absolute atomic E-state index is 0.311. The summed E-state index contributed by atoms with van der Waals surface area (Å²) in [4.78, 5) is 13.4. The second kappa shape index (κ2) is 6.49. The number of piperidine rings is 1. The lowest BCUT2D eigenvalue weighted by Crippen LogP contribution is -2.37. The van der Waals surface area contributed by atoms with Gasteiger partial charge in [0.15, 0.2) is 0 Å². The number of aliphatic carboxylic acids is 1. The van der Waals surface area contributed by atoms with Crippen LogP contribution in [0.2, 0.25) is 0 Å². The van der Waals surface area contributed by atoms with E-state index in [1.54, 1.807) is 0 Å². The van der Waals surface area contributed by atoms with Gasteiger partial charge in [0, 0.05) is 23.5 Å². The number of halogens is 1. The molecule has 2 aliphatic rings. The highest BCUT2D eigenvalue weighted by atomic mass is 79.9. The summed E-state index contributed by atoms with van der Waals surface area (Å²) in [6.07, 6.45) is 5.86. The molecule has 0 aromatic heterocycles. The van der Waals surface area contributed by atoms with Crippen LogP contribution in [0.5, 0.6) is 0 Å². The third-order valence-electron chi connectivity index (χ3n) is 4.94.